The van der Waals surface area contributed by atoms with Crippen molar-refractivity contribution in [3.63, 3.8) is 0 Å². The average molecular weight is 441 g/mol. The zero-order valence-electron chi connectivity index (χ0n) is 18.9. The van der Waals surface area contributed by atoms with E-state index in [1.54, 1.807) is 4.31 Å². The van der Waals surface area contributed by atoms with Crippen molar-refractivity contribution >= 4 is 21.6 Å². The SMILES string of the molecule is Cc1cc(C)c(S(=O)(=O)N2CCC(C(=O)N3CCCc4cccc(C)c43)CC2)c(C)c1. The molecule has 1 saturated heterocycles. The third-order valence-electron chi connectivity index (χ3n) is 6.69. The van der Waals surface area contributed by atoms with Crippen LogP contribution >= 0.6 is 0 Å². The van der Waals surface area contributed by atoms with Gasteiger partial charge >= 0.3 is 0 Å². The molecule has 0 aliphatic carbocycles. The Kier molecular flexibility index (Phi) is 5.97. The van der Waals surface area contributed by atoms with Gasteiger partial charge in [-0.25, -0.2) is 8.42 Å². The fourth-order valence-corrected chi connectivity index (χ4v) is 7.22. The van der Waals surface area contributed by atoms with Gasteiger partial charge in [0.2, 0.25) is 15.9 Å². The number of amides is 1. The van der Waals surface area contributed by atoms with Crippen molar-refractivity contribution in [2.45, 2.75) is 58.3 Å². The van der Waals surface area contributed by atoms with Gasteiger partial charge in [0.1, 0.15) is 0 Å². The molecule has 0 unspecified atom stereocenters. The minimum Gasteiger partial charge on any atom is -0.312 e. The topological polar surface area (TPSA) is 57.7 Å². The Bertz CT molecular complexity index is 1090. The van der Waals surface area contributed by atoms with E-state index in [1.807, 2.05) is 37.8 Å². The molecule has 4 rings (SSSR count). The third kappa shape index (κ3) is 4.03. The molecule has 5 nitrogen and oxygen atoms in total. The molecule has 0 spiro atoms. The summed E-state index contributed by atoms with van der Waals surface area (Å²) < 4.78 is 28.3. The van der Waals surface area contributed by atoms with E-state index < -0.39 is 10.0 Å². The van der Waals surface area contributed by atoms with E-state index in [0.717, 1.165) is 47.3 Å². The highest BCUT2D eigenvalue weighted by Gasteiger charge is 2.36. The van der Waals surface area contributed by atoms with Crippen molar-refractivity contribution in [3.8, 4) is 0 Å². The first-order valence-corrected chi connectivity index (χ1v) is 12.6. The smallest absolute Gasteiger partial charge is 0.243 e. The van der Waals surface area contributed by atoms with Crippen LogP contribution in [-0.4, -0.2) is 38.3 Å². The van der Waals surface area contributed by atoms with Crippen molar-refractivity contribution in [2.24, 2.45) is 5.92 Å². The molecule has 0 aromatic heterocycles. The molecule has 2 aliphatic rings. The Morgan fingerprint density at radius 1 is 0.935 bits per heavy atom. The Morgan fingerprint density at radius 2 is 1.58 bits per heavy atom. The van der Waals surface area contributed by atoms with Crippen LogP contribution in [0.3, 0.4) is 0 Å². The summed E-state index contributed by atoms with van der Waals surface area (Å²) in [5.41, 5.74) is 6.09. The number of carbonyl (C=O) groups is 1. The normalized spacial score (nSPS) is 18.1. The molecule has 2 aromatic rings. The first-order chi connectivity index (χ1) is 14.7. The fourth-order valence-electron chi connectivity index (χ4n) is 5.33. The van der Waals surface area contributed by atoms with Crippen molar-refractivity contribution in [2.75, 3.05) is 24.5 Å². The highest BCUT2D eigenvalue weighted by Crippen LogP contribution is 2.34. The van der Waals surface area contributed by atoms with Crippen LogP contribution in [-0.2, 0) is 21.2 Å². The summed E-state index contributed by atoms with van der Waals surface area (Å²) >= 11 is 0. The Balaban J connectivity index is 1.51. The second-order valence-electron chi connectivity index (χ2n) is 9.08. The van der Waals surface area contributed by atoms with E-state index in [2.05, 4.69) is 25.1 Å². The molecular formula is C25H32N2O3S. The first-order valence-electron chi connectivity index (χ1n) is 11.2. The lowest BCUT2D eigenvalue weighted by molar-refractivity contribution is -0.123. The van der Waals surface area contributed by atoms with Gasteiger partial charge in [0, 0.05) is 31.2 Å². The summed E-state index contributed by atoms with van der Waals surface area (Å²) in [7, 11) is -3.56. The Hall–Kier alpha value is -2.18. The molecule has 0 N–H and O–H groups in total. The molecule has 0 saturated carbocycles. The molecule has 6 heteroatoms. The molecule has 166 valence electrons. The Labute approximate surface area is 186 Å². The lowest BCUT2D eigenvalue weighted by Gasteiger charge is -2.37. The minimum absolute atomic E-state index is 0.128. The third-order valence-corrected chi connectivity index (χ3v) is 8.90. The van der Waals surface area contributed by atoms with Crippen LogP contribution in [0.1, 0.15) is 47.1 Å². The van der Waals surface area contributed by atoms with Gasteiger partial charge < -0.3 is 4.90 Å². The molecule has 1 amide bonds. The number of piperidine rings is 1. The van der Waals surface area contributed by atoms with Crippen molar-refractivity contribution in [1.82, 2.24) is 4.31 Å². The molecule has 2 heterocycles. The number of anilines is 1. The molecule has 31 heavy (non-hydrogen) atoms. The molecule has 0 radical (unpaired) electrons. The van der Waals surface area contributed by atoms with Crippen LogP contribution in [0, 0.1) is 33.6 Å². The predicted molar refractivity (Wildman–Crippen MR) is 124 cm³/mol. The van der Waals surface area contributed by atoms with E-state index in [1.165, 1.54) is 5.56 Å². The standard InChI is InChI=1S/C25H32N2O3S/c1-17-15-19(3)24(20(4)16-17)31(29,30)26-13-10-22(11-14-26)25(28)27-12-6-9-21-8-5-7-18(2)23(21)27/h5,7-8,15-16,22H,6,9-14H2,1-4H3. The minimum atomic E-state index is -3.56. The fraction of sp³-hybridized carbons (Fsp3) is 0.480. The zero-order valence-corrected chi connectivity index (χ0v) is 19.8. The first kappa shape index (κ1) is 22.0. The maximum atomic E-state index is 13.4. The van der Waals surface area contributed by atoms with Crippen LogP contribution in [0.2, 0.25) is 0 Å². The summed E-state index contributed by atoms with van der Waals surface area (Å²) in [6.07, 6.45) is 3.12. The van der Waals surface area contributed by atoms with Crippen LogP contribution in [0.15, 0.2) is 35.2 Å². The van der Waals surface area contributed by atoms with Gasteiger partial charge in [-0.15, -0.1) is 0 Å². The number of carbonyl (C=O) groups excluding carboxylic acids is 1. The van der Waals surface area contributed by atoms with Crippen LogP contribution < -0.4 is 4.90 Å². The quantitative estimate of drug-likeness (QED) is 0.715. The number of aryl methyl sites for hydroxylation is 5. The molecule has 0 atom stereocenters. The van der Waals surface area contributed by atoms with Crippen molar-refractivity contribution < 1.29 is 13.2 Å². The van der Waals surface area contributed by atoms with Gasteiger partial charge in [-0.2, -0.15) is 4.31 Å². The van der Waals surface area contributed by atoms with E-state index in [-0.39, 0.29) is 11.8 Å². The van der Waals surface area contributed by atoms with Crippen molar-refractivity contribution in [3.05, 3.63) is 58.1 Å². The van der Waals surface area contributed by atoms with Gasteiger partial charge in [0.15, 0.2) is 0 Å². The lowest BCUT2D eigenvalue weighted by atomic mass is 9.93. The zero-order chi connectivity index (χ0) is 22.3. The van der Waals surface area contributed by atoms with Crippen LogP contribution in [0.4, 0.5) is 5.69 Å². The van der Waals surface area contributed by atoms with Gasteiger partial charge in [0.05, 0.1) is 4.90 Å². The Morgan fingerprint density at radius 3 is 2.23 bits per heavy atom. The van der Waals surface area contributed by atoms with Crippen molar-refractivity contribution in [1.29, 1.82) is 0 Å². The second kappa shape index (κ2) is 8.40. The number of sulfonamides is 1. The van der Waals surface area contributed by atoms with Gasteiger partial charge in [-0.05, 0) is 75.6 Å². The van der Waals surface area contributed by atoms with Crippen LogP contribution in [0.25, 0.3) is 0 Å². The van der Waals surface area contributed by atoms with Gasteiger partial charge in [-0.3, -0.25) is 4.79 Å². The van der Waals surface area contributed by atoms with Gasteiger partial charge in [-0.1, -0.05) is 35.9 Å². The van der Waals surface area contributed by atoms with E-state index in [9.17, 15) is 13.2 Å². The van der Waals surface area contributed by atoms with Crippen LogP contribution in [0.5, 0.6) is 0 Å². The number of fused-ring (bicyclic) bond motifs is 1. The molecule has 2 aromatic carbocycles. The van der Waals surface area contributed by atoms with E-state index in [4.69, 9.17) is 0 Å². The maximum Gasteiger partial charge on any atom is 0.243 e. The maximum absolute atomic E-state index is 13.4. The number of para-hydroxylation sites is 1. The summed E-state index contributed by atoms with van der Waals surface area (Å²) in [5.74, 6) is 0.0206. The highest BCUT2D eigenvalue weighted by molar-refractivity contribution is 7.89. The summed E-state index contributed by atoms with van der Waals surface area (Å²) in [6.45, 7) is 9.29. The summed E-state index contributed by atoms with van der Waals surface area (Å²) in [5, 5.41) is 0. The summed E-state index contributed by atoms with van der Waals surface area (Å²) in [4.78, 5) is 15.8. The predicted octanol–water partition coefficient (Wildman–Crippen LogP) is 4.30. The number of hydrogen-bond donors (Lipinski definition) is 0. The average Bonchev–Trinajstić information content (AvgIpc) is 2.72. The summed E-state index contributed by atoms with van der Waals surface area (Å²) in [6, 6.07) is 10.1. The molecule has 1 fully saturated rings. The second-order valence-corrected chi connectivity index (χ2v) is 11.0. The van der Waals surface area contributed by atoms with Gasteiger partial charge in [0.25, 0.3) is 0 Å². The molecule has 2 aliphatic heterocycles. The lowest BCUT2D eigenvalue weighted by Crippen LogP contribution is -2.46. The number of hydrogen-bond acceptors (Lipinski definition) is 3. The van der Waals surface area contributed by atoms with E-state index >= 15 is 0 Å². The number of rotatable bonds is 3. The number of nitrogens with zero attached hydrogens (tertiary/aromatic N) is 2. The number of benzene rings is 2. The molecule has 0 bridgehead atoms. The largest absolute Gasteiger partial charge is 0.312 e. The molecular weight excluding hydrogens is 408 g/mol. The van der Waals surface area contributed by atoms with E-state index in [0.29, 0.717) is 30.8 Å². The highest BCUT2D eigenvalue weighted by atomic mass is 32.2. The monoisotopic (exact) mass is 440 g/mol.